The van der Waals surface area contributed by atoms with Crippen LogP contribution in [0, 0.1) is 0 Å². The molecule has 0 fully saturated rings. The summed E-state index contributed by atoms with van der Waals surface area (Å²) < 4.78 is 7.15. The van der Waals surface area contributed by atoms with Gasteiger partial charge in [-0.15, -0.1) is 0 Å². The number of hydrogen-bond donors (Lipinski definition) is 2. The molecule has 1 amide bonds. The smallest absolute Gasteiger partial charge is 0.270 e. The van der Waals surface area contributed by atoms with Crippen LogP contribution in [0.3, 0.4) is 0 Å². The van der Waals surface area contributed by atoms with Gasteiger partial charge >= 0.3 is 0 Å². The summed E-state index contributed by atoms with van der Waals surface area (Å²) in [6, 6.07) is 15.2. The number of furan rings is 1. The SMILES string of the molecule is CC[NH+](CC)CCC[C@H](C)NC(=O)c1cc(-c2ccco2)nn1-c1ccccc1. The lowest BCUT2D eigenvalue weighted by Crippen LogP contribution is -3.11. The molecule has 6 nitrogen and oxygen atoms in total. The van der Waals surface area contributed by atoms with Crippen molar-refractivity contribution in [3.05, 3.63) is 60.5 Å². The van der Waals surface area contributed by atoms with Gasteiger partial charge < -0.3 is 14.6 Å². The summed E-state index contributed by atoms with van der Waals surface area (Å²) in [5, 5.41) is 7.75. The molecule has 0 radical (unpaired) electrons. The Balaban J connectivity index is 1.73. The van der Waals surface area contributed by atoms with Crippen molar-refractivity contribution in [2.45, 2.75) is 39.7 Å². The van der Waals surface area contributed by atoms with Crippen LogP contribution in [0.5, 0.6) is 0 Å². The highest BCUT2D eigenvalue weighted by atomic mass is 16.3. The predicted molar refractivity (Wildman–Crippen MR) is 114 cm³/mol. The highest BCUT2D eigenvalue weighted by Crippen LogP contribution is 2.22. The molecule has 0 saturated carbocycles. The van der Waals surface area contributed by atoms with Gasteiger partial charge in [-0.3, -0.25) is 4.79 Å². The number of carbonyl (C=O) groups is 1. The van der Waals surface area contributed by atoms with Gasteiger partial charge in [-0.2, -0.15) is 5.10 Å². The fourth-order valence-corrected chi connectivity index (χ4v) is 3.49. The average molecular weight is 396 g/mol. The number of para-hydroxylation sites is 1. The molecule has 0 bridgehead atoms. The number of nitrogens with zero attached hydrogens (tertiary/aromatic N) is 2. The fraction of sp³-hybridized carbons (Fsp3) is 0.391. The molecular weight excluding hydrogens is 364 g/mol. The quantitative estimate of drug-likeness (QED) is 0.555. The van der Waals surface area contributed by atoms with Crippen molar-refractivity contribution in [3.63, 3.8) is 0 Å². The number of hydrogen-bond acceptors (Lipinski definition) is 3. The zero-order chi connectivity index (χ0) is 20.6. The molecule has 3 rings (SSSR count). The largest absolute Gasteiger partial charge is 0.463 e. The number of amides is 1. The average Bonchev–Trinajstić information content (AvgIpc) is 3.41. The molecule has 2 heterocycles. The van der Waals surface area contributed by atoms with E-state index in [1.54, 1.807) is 21.9 Å². The predicted octanol–water partition coefficient (Wildman–Crippen LogP) is 2.96. The van der Waals surface area contributed by atoms with Crippen LogP contribution in [0.25, 0.3) is 17.1 Å². The van der Waals surface area contributed by atoms with E-state index in [-0.39, 0.29) is 11.9 Å². The van der Waals surface area contributed by atoms with Gasteiger partial charge in [0.25, 0.3) is 5.91 Å². The first-order valence-corrected chi connectivity index (χ1v) is 10.5. The van der Waals surface area contributed by atoms with E-state index in [4.69, 9.17) is 4.42 Å². The Bertz CT molecular complexity index is 883. The van der Waals surface area contributed by atoms with Crippen molar-refractivity contribution >= 4 is 5.91 Å². The second-order valence-corrected chi connectivity index (χ2v) is 7.36. The van der Waals surface area contributed by atoms with E-state index in [9.17, 15) is 4.79 Å². The van der Waals surface area contributed by atoms with Crippen LogP contribution in [0.4, 0.5) is 0 Å². The van der Waals surface area contributed by atoms with E-state index in [1.807, 2.05) is 42.5 Å². The van der Waals surface area contributed by atoms with Crippen LogP contribution in [-0.2, 0) is 0 Å². The summed E-state index contributed by atoms with van der Waals surface area (Å²) in [5.41, 5.74) is 1.99. The number of quaternary nitrogens is 1. The van der Waals surface area contributed by atoms with Crippen LogP contribution in [-0.4, -0.2) is 41.4 Å². The van der Waals surface area contributed by atoms with Crippen LogP contribution in [0.2, 0.25) is 0 Å². The summed E-state index contributed by atoms with van der Waals surface area (Å²) >= 11 is 0. The highest BCUT2D eigenvalue weighted by Gasteiger charge is 2.20. The molecule has 1 atom stereocenters. The second-order valence-electron chi connectivity index (χ2n) is 7.36. The van der Waals surface area contributed by atoms with E-state index in [0.29, 0.717) is 17.1 Å². The zero-order valence-corrected chi connectivity index (χ0v) is 17.5. The monoisotopic (exact) mass is 395 g/mol. The van der Waals surface area contributed by atoms with Crippen molar-refractivity contribution in [2.24, 2.45) is 0 Å². The molecule has 0 aliphatic rings. The topological polar surface area (TPSA) is 64.5 Å². The Morgan fingerprint density at radius 3 is 2.59 bits per heavy atom. The van der Waals surface area contributed by atoms with Crippen molar-refractivity contribution in [1.82, 2.24) is 15.1 Å². The van der Waals surface area contributed by atoms with Gasteiger partial charge in [0.05, 0.1) is 31.6 Å². The van der Waals surface area contributed by atoms with E-state index < -0.39 is 0 Å². The zero-order valence-electron chi connectivity index (χ0n) is 17.5. The second kappa shape index (κ2) is 10.1. The Hall–Kier alpha value is -2.86. The number of nitrogens with one attached hydrogen (secondary N) is 2. The van der Waals surface area contributed by atoms with Crippen molar-refractivity contribution in [1.29, 1.82) is 0 Å². The van der Waals surface area contributed by atoms with Crippen LogP contribution >= 0.6 is 0 Å². The summed E-state index contributed by atoms with van der Waals surface area (Å²) in [6.07, 6.45) is 3.66. The first kappa shape index (κ1) is 20.9. The third-order valence-corrected chi connectivity index (χ3v) is 5.26. The van der Waals surface area contributed by atoms with Gasteiger partial charge in [0.1, 0.15) is 11.4 Å². The Kier molecular flexibility index (Phi) is 7.25. The first-order valence-electron chi connectivity index (χ1n) is 10.5. The molecule has 0 aliphatic carbocycles. The van der Waals surface area contributed by atoms with Gasteiger partial charge in [-0.05, 0) is 57.9 Å². The maximum atomic E-state index is 13.0. The molecule has 29 heavy (non-hydrogen) atoms. The summed E-state index contributed by atoms with van der Waals surface area (Å²) in [7, 11) is 0. The number of benzene rings is 1. The van der Waals surface area contributed by atoms with E-state index in [2.05, 4.69) is 31.2 Å². The standard InChI is InChI=1S/C23H30N4O2/c1-4-26(5-2)15-9-11-18(3)24-23(28)21-17-20(22-14-10-16-29-22)25-27(21)19-12-7-6-8-13-19/h6-8,10,12-14,16-18H,4-5,9,11,15H2,1-3H3,(H,24,28)/p+1/t18-/m0/s1. The fourth-order valence-electron chi connectivity index (χ4n) is 3.49. The van der Waals surface area contributed by atoms with Gasteiger partial charge in [0.15, 0.2) is 5.76 Å². The maximum absolute atomic E-state index is 13.0. The van der Waals surface area contributed by atoms with Crippen molar-refractivity contribution in [3.8, 4) is 17.1 Å². The van der Waals surface area contributed by atoms with E-state index in [1.165, 1.54) is 0 Å². The lowest BCUT2D eigenvalue weighted by molar-refractivity contribution is -0.896. The Morgan fingerprint density at radius 2 is 1.93 bits per heavy atom. The van der Waals surface area contributed by atoms with Gasteiger partial charge in [0.2, 0.25) is 0 Å². The maximum Gasteiger partial charge on any atom is 0.270 e. The molecule has 2 N–H and O–H groups in total. The summed E-state index contributed by atoms with van der Waals surface area (Å²) in [6.45, 7) is 9.91. The van der Waals surface area contributed by atoms with E-state index >= 15 is 0 Å². The Morgan fingerprint density at radius 1 is 1.17 bits per heavy atom. The molecule has 0 saturated heterocycles. The Labute approximate surface area is 172 Å². The molecule has 3 aromatic rings. The summed E-state index contributed by atoms with van der Waals surface area (Å²) in [4.78, 5) is 14.6. The minimum Gasteiger partial charge on any atom is -0.463 e. The molecule has 6 heteroatoms. The molecule has 0 spiro atoms. The molecule has 2 aromatic heterocycles. The lowest BCUT2D eigenvalue weighted by atomic mass is 10.1. The van der Waals surface area contributed by atoms with Crippen LogP contribution < -0.4 is 10.2 Å². The summed E-state index contributed by atoms with van der Waals surface area (Å²) in [5.74, 6) is 0.519. The van der Waals surface area contributed by atoms with Gasteiger partial charge in [-0.1, -0.05) is 18.2 Å². The highest BCUT2D eigenvalue weighted by molar-refractivity contribution is 5.94. The molecule has 154 valence electrons. The third kappa shape index (κ3) is 5.35. The van der Waals surface area contributed by atoms with Gasteiger partial charge in [-0.25, -0.2) is 4.68 Å². The number of carbonyl (C=O) groups excluding carboxylic acids is 1. The molecule has 1 aromatic carbocycles. The first-order chi connectivity index (χ1) is 14.1. The van der Waals surface area contributed by atoms with Crippen LogP contribution in [0.15, 0.2) is 59.2 Å². The number of aromatic nitrogens is 2. The molecule has 0 unspecified atom stereocenters. The third-order valence-electron chi connectivity index (χ3n) is 5.26. The lowest BCUT2D eigenvalue weighted by Gasteiger charge is -2.18. The van der Waals surface area contributed by atoms with Gasteiger partial charge in [0, 0.05) is 12.1 Å². The molecule has 0 aliphatic heterocycles. The van der Waals surface area contributed by atoms with Crippen molar-refractivity contribution in [2.75, 3.05) is 19.6 Å². The minimum absolute atomic E-state index is 0.101. The minimum atomic E-state index is -0.123. The molecular formula is C23H31N4O2+. The van der Waals surface area contributed by atoms with Crippen molar-refractivity contribution < 1.29 is 14.1 Å². The normalized spacial score (nSPS) is 12.3. The van der Waals surface area contributed by atoms with Crippen LogP contribution in [0.1, 0.15) is 44.1 Å². The van der Waals surface area contributed by atoms with E-state index in [0.717, 1.165) is 38.2 Å². The number of rotatable bonds is 10.